The lowest BCUT2D eigenvalue weighted by molar-refractivity contribution is 0.0995. The van der Waals surface area contributed by atoms with E-state index in [1.54, 1.807) is 6.07 Å². The predicted octanol–water partition coefficient (Wildman–Crippen LogP) is 1.90. The van der Waals surface area contributed by atoms with Crippen molar-refractivity contribution in [3.8, 4) is 11.3 Å². The molecule has 1 aromatic heterocycles. The Morgan fingerprint density at radius 1 is 1.25 bits per heavy atom. The standard InChI is InChI=1S/C11H8ClN3O/c12-8-4-2-1-3-7(8)9-5-10(11(13)16)15-6-14-9/h1-6H,(H2,13,16). The van der Waals surface area contributed by atoms with Crippen LogP contribution < -0.4 is 5.73 Å². The molecule has 0 saturated carbocycles. The summed E-state index contributed by atoms with van der Waals surface area (Å²) in [5, 5.41) is 0.566. The number of primary amides is 1. The molecule has 16 heavy (non-hydrogen) atoms. The number of carbonyl (C=O) groups excluding carboxylic acids is 1. The third kappa shape index (κ3) is 2.01. The summed E-state index contributed by atoms with van der Waals surface area (Å²) in [4.78, 5) is 18.8. The molecule has 0 aliphatic carbocycles. The van der Waals surface area contributed by atoms with E-state index in [2.05, 4.69) is 9.97 Å². The number of nitrogens with zero attached hydrogens (tertiary/aromatic N) is 2. The zero-order valence-electron chi connectivity index (χ0n) is 8.22. The van der Waals surface area contributed by atoms with Crippen molar-refractivity contribution in [2.45, 2.75) is 0 Å². The normalized spacial score (nSPS) is 10.1. The molecule has 1 heterocycles. The van der Waals surface area contributed by atoms with Crippen LogP contribution in [-0.4, -0.2) is 15.9 Å². The summed E-state index contributed by atoms with van der Waals surface area (Å²) in [6.07, 6.45) is 1.29. The van der Waals surface area contributed by atoms with Gasteiger partial charge in [0.25, 0.3) is 5.91 Å². The van der Waals surface area contributed by atoms with Crippen LogP contribution in [0.4, 0.5) is 0 Å². The van der Waals surface area contributed by atoms with Crippen LogP contribution in [0.2, 0.25) is 5.02 Å². The fourth-order valence-electron chi connectivity index (χ4n) is 1.31. The Kier molecular flexibility index (Phi) is 2.83. The predicted molar refractivity (Wildman–Crippen MR) is 61.0 cm³/mol. The van der Waals surface area contributed by atoms with E-state index in [9.17, 15) is 4.79 Å². The van der Waals surface area contributed by atoms with Crippen molar-refractivity contribution in [3.05, 3.63) is 47.4 Å². The molecule has 80 valence electrons. The van der Waals surface area contributed by atoms with Crippen molar-refractivity contribution in [3.63, 3.8) is 0 Å². The van der Waals surface area contributed by atoms with Gasteiger partial charge in [0.2, 0.25) is 0 Å². The molecule has 0 aliphatic rings. The van der Waals surface area contributed by atoms with E-state index in [0.29, 0.717) is 10.7 Å². The first-order valence-electron chi connectivity index (χ1n) is 4.55. The molecule has 1 amide bonds. The van der Waals surface area contributed by atoms with Gasteiger partial charge in [0.05, 0.1) is 5.69 Å². The number of nitrogens with two attached hydrogens (primary N) is 1. The molecule has 0 unspecified atom stereocenters. The van der Waals surface area contributed by atoms with Gasteiger partial charge in [-0.1, -0.05) is 29.8 Å². The second-order valence-corrected chi connectivity index (χ2v) is 3.54. The first-order chi connectivity index (χ1) is 7.68. The van der Waals surface area contributed by atoms with Gasteiger partial charge in [-0.15, -0.1) is 0 Å². The van der Waals surface area contributed by atoms with E-state index in [1.165, 1.54) is 12.4 Å². The van der Waals surface area contributed by atoms with Gasteiger partial charge in [-0.25, -0.2) is 9.97 Å². The molecule has 2 N–H and O–H groups in total. The van der Waals surface area contributed by atoms with E-state index in [4.69, 9.17) is 17.3 Å². The van der Waals surface area contributed by atoms with Crippen molar-refractivity contribution in [1.82, 2.24) is 9.97 Å². The zero-order chi connectivity index (χ0) is 11.5. The molecule has 5 heteroatoms. The Morgan fingerprint density at radius 2 is 2.00 bits per heavy atom. The van der Waals surface area contributed by atoms with E-state index >= 15 is 0 Å². The second-order valence-electron chi connectivity index (χ2n) is 3.13. The number of aromatic nitrogens is 2. The maximum atomic E-state index is 11.0. The summed E-state index contributed by atoms with van der Waals surface area (Å²) in [6, 6.07) is 8.75. The number of hydrogen-bond donors (Lipinski definition) is 1. The van der Waals surface area contributed by atoms with Crippen LogP contribution in [0.5, 0.6) is 0 Å². The van der Waals surface area contributed by atoms with Crippen molar-refractivity contribution in [2.75, 3.05) is 0 Å². The molecular formula is C11H8ClN3O. The third-order valence-electron chi connectivity index (χ3n) is 2.07. The Hall–Kier alpha value is -1.94. The molecule has 0 saturated heterocycles. The van der Waals surface area contributed by atoms with E-state index in [1.807, 2.05) is 18.2 Å². The summed E-state index contributed by atoms with van der Waals surface area (Å²) in [5.41, 5.74) is 6.63. The van der Waals surface area contributed by atoms with Crippen molar-refractivity contribution in [2.24, 2.45) is 5.73 Å². The Bertz CT molecular complexity index is 542. The van der Waals surface area contributed by atoms with Crippen LogP contribution in [0.25, 0.3) is 11.3 Å². The van der Waals surface area contributed by atoms with Crippen LogP contribution in [0.15, 0.2) is 36.7 Å². The highest BCUT2D eigenvalue weighted by molar-refractivity contribution is 6.33. The lowest BCUT2D eigenvalue weighted by atomic mass is 10.1. The van der Waals surface area contributed by atoms with Gasteiger partial charge in [0.15, 0.2) is 0 Å². The number of hydrogen-bond acceptors (Lipinski definition) is 3. The van der Waals surface area contributed by atoms with E-state index in [-0.39, 0.29) is 5.69 Å². The molecular weight excluding hydrogens is 226 g/mol. The molecule has 0 spiro atoms. The number of carbonyl (C=O) groups is 1. The van der Waals surface area contributed by atoms with Gasteiger partial charge in [-0.3, -0.25) is 4.79 Å². The minimum Gasteiger partial charge on any atom is -0.364 e. The lowest BCUT2D eigenvalue weighted by Gasteiger charge is -2.03. The fourth-order valence-corrected chi connectivity index (χ4v) is 1.54. The zero-order valence-corrected chi connectivity index (χ0v) is 8.98. The number of benzene rings is 1. The van der Waals surface area contributed by atoms with Crippen LogP contribution >= 0.6 is 11.6 Å². The number of halogens is 1. The van der Waals surface area contributed by atoms with Crippen LogP contribution in [-0.2, 0) is 0 Å². The highest BCUT2D eigenvalue weighted by atomic mass is 35.5. The molecule has 0 atom stereocenters. The molecule has 1 aromatic carbocycles. The molecule has 4 nitrogen and oxygen atoms in total. The van der Waals surface area contributed by atoms with Crippen molar-refractivity contribution < 1.29 is 4.79 Å². The first kappa shape index (κ1) is 10.6. The van der Waals surface area contributed by atoms with Gasteiger partial charge in [0, 0.05) is 10.6 Å². The van der Waals surface area contributed by atoms with Gasteiger partial charge in [0.1, 0.15) is 12.0 Å². The maximum absolute atomic E-state index is 11.0. The van der Waals surface area contributed by atoms with Gasteiger partial charge in [-0.05, 0) is 12.1 Å². The van der Waals surface area contributed by atoms with Crippen molar-refractivity contribution in [1.29, 1.82) is 0 Å². The fraction of sp³-hybridized carbons (Fsp3) is 0. The van der Waals surface area contributed by atoms with Crippen LogP contribution in [0, 0.1) is 0 Å². The van der Waals surface area contributed by atoms with Crippen LogP contribution in [0.3, 0.4) is 0 Å². The molecule has 0 radical (unpaired) electrons. The number of amides is 1. The highest BCUT2D eigenvalue weighted by Gasteiger charge is 2.08. The quantitative estimate of drug-likeness (QED) is 0.861. The monoisotopic (exact) mass is 233 g/mol. The van der Waals surface area contributed by atoms with E-state index in [0.717, 1.165) is 5.56 Å². The van der Waals surface area contributed by atoms with E-state index < -0.39 is 5.91 Å². The highest BCUT2D eigenvalue weighted by Crippen LogP contribution is 2.25. The summed E-state index contributed by atoms with van der Waals surface area (Å²) in [5.74, 6) is -0.587. The minimum absolute atomic E-state index is 0.171. The first-order valence-corrected chi connectivity index (χ1v) is 4.93. The van der Waals surface area contributed by atoms with Gasteiger partial charge < -0.3 is 5.73 Å². The molecule has 0 fully saturated rings. The Morgan fingerprint density at radius 3 is 2.69 bits per heavy atom. The SMILES string of the molecule is NC(=O)c1cc(-c2ccccc2Cl)ncn1. The van der Waals surface area contributed by atoms with Crippen molar-refractivity contribution >= 4 is 17.5 Å². The topological polar surface area (TPSA) is 68.9 Å². The van der Waals surface area contributed by atoms with Crippen LogP contribution in [0.1, 0.15) is 10.5 Å². The summed E-state index contributed by atoms with van der Waals surface area (Å²) >= 11 is 6.01. The average Bonchev–Trinajstić information content (AvgIpc) is 2.30. The minimum atomic E-state index is -0.587. The largest absolute Gasteiger partial charge is 0.364 e. The summed E-state index contributed by atoms with van der Waals surface area (Å²) in [7, 11) is 0. The average molecular weight is 234 g/mol. The molecule has 0 bridgehead atoms. The Balaban J connectivity index is 2.53. The lowest BCUT2D eigenvalue weighted by Crippen LogP contribution is -2.13. The van der Waals surface area contributed by atoms with Gasteiger partial charge >= 0.3 is 0 Å². The van der Waals surface area contributed by atoms with Gasteiger partial charge in [-0.2, -0.15) is 0 Å². The third-order valence-corrected chi connectivity index (χ3v) is 2.40. The molecule has 2 rings (SSSR count). The molecule has 2 aromatic rings. The summed E-state index contributed by atoms with van der Waals surface area (Å²) in [6.45, 7) is 0. The smallest absolute Gasteiger partial charge is 0.267 e. The second kappa shape index (κ2) is 4.28. The maximum Gasteiger partial charge on any atom is 0.267 e. The Labute approximate surface area is 97.1 Å². The molecule has 0 aliphatic heterocycles. The number of rotatable bonds is 2. The summed E-state index contributed by atoms with van der Waals surface area (Å²) < 4.78 is 0.